The Kier molecular flexibility index (Phi) is 7.83. The van der Waals surface area contributed by atoms with E-state index in [1.54, 1.807) is 48.5 Å². The molecule has 7 heteroatoms. The normalized spacial score (nSPS) is 9.96. The number of carbonyl (C=O) groups excluding carboxylic acids is 2. The second-order valence-electron chi connectivity index (χ2n) is 5.44. The highest BCUT2D eigenvalue weighted by molar-refractivity contribution is 9.10. The lowest BCUT2D eigenvalue weighted by Gasteiger charge is -2.22. The first kappa shape index (κ1) is 20.5. The van der Waals surface area contributed by atoms with Crippen LogP contribution < -0.4 is 9.64 Å². The Bertz CT molecular complexity index is 831. The van der Waals surface area contributed by atoms with E-state index >= 15 is 0 Å². The molecule has 0 heterocycles. The van der Waals surface area contributed by atoms with Crippen LogP contribution >= 0.6 is 15.9 Å². The van der Waals surface area contributed by atoms with E-state index in [4.69, 9.17) is 14.7 Å². The maximum atomic E-state index is 12.6. The van der Waals surface area contributed by atoms with Crippen molar-refractivity contribution in [1.29, 1.82) is 5.26 Å². The Balaban J connectivity index is 2.07. The number of hydrogen-bond acceptors (Lipinski definition) is 5. The molecular weight excluding hydrogens is 412 g/mol. The molecule has 0 atom stereocenters. The summed E-state index contributed by atoms with van der Waals surface area (Å²) in [6.07, 6.45) is 0.164. The Morgan fingerprint density at radius 2 is 1.85 bits per heavy atom. The average molecular weight is 431 g/mol. The molecule has 0 spiro atoms. The molecule has 0 aliphatic heterocycles. The van der Waals surface area contributed by atoms with Gasteiger partial charge in [-0.15, -0.1) is 0 Å². The zero-order valence-corrected chi connectivity index (χ0v) is 16.4. The summed E-state index contributed by atoms with van der Waals surface area (Å²) in [4.78, 5) is 26.2. The van der Waals surface area contributed by atoms with Gasteiger partial charge in [0.25, 0.3) is 5.91 Å². The Morgan fingerprint density at radius 1 is 1.15 bits per heavy atom. The van der Waals surface area contributed by atoms with Crippen molar-refractivity contribution in [3.05, 3.63) is 58.6 Å². The summed E-state index contributed by atoms with van der Waals surface area (Å²) in [5, 5.41) is 8.86. The van der Waals surface area contributed by atoms with Crippen molar-refractivity contribution in [2.45, 2.75) is 13.3 Å². The zero-order chi connectivity index (χ0) is 19.6. The fraction of sp³-hybridized carbons (Fsp3) is 0.250. The molecule has 0 fully saturated rings. The lowest BCUT2D eigenvalue weighted by atomic mass is 10.2. The van der Waals surface area contributed by atoms with Crippen LogP contribution in [0, 0.1) is 11.3 Å². The third-order valence-corrected chi connectivity index (χ3v) is 4.32. The summed E-state index contributed by atoms with van der Waals surface area (Å²) in [5.41, 5.74) is 0.950. The molecule has 0 aliphatic rings. The molecule has 2 aromatic carbocycles. The van der Waals surface area contributed by atoms with Gasteiger partial charge in [0.1, 0.15) is 5.75 Å². The second-order valence-corrected chi connectivity index (χ2v) is 6.29. The van der Waals surface area contributed by atoms with Crippen LogP contribution in [0.2, 0.25) is 0 Å². The minimum Gasteiger partial charge on any atom is -0.494 e. The maximum absolute atomic E-state index is 12.6. The van der Waals surface area contributed by atoms with E-state index in [9.17, 15) is 9.59 Å². The lowest BCUT2D eigenvalue weighted by molar-refractivity contribution is -0.121. The minimum absolute atomic E-state index is 0.164. The minimum atomic E-state index is -0.595. The van der Waals surface area contributed by atoms with Gasteiger partial charge in [0.05, 0.1) is 24.7 Å². The molecule has 0 aromatic heterocycles. The van der Waals surface area contributed by atoms with Gasteiger partial charge in [-0.1, -0.05) is 12.1 Å². The number of halogens is 1. The van der Waals surface area contributed by atoms with Gasteiger partial charge in [0, 0.05) is 16.7 Å². The van der Waals surface area contributed by atoms with Gasteiger partial charge < -0.3 is 14.4 Å². The lowest BCUT2D eigenvalue weighted by Crippen LogP contribution is -2.35. The molecule has 0 N–H and O–H groups in total. The highest BCUT2D eigenvalue weighted by Crippen LogP contribution is 2.21. The summed E-state index contributed by atoms with van der Waals surface area (Å²) in [7, 11) is 0. The second kappa shape index (κ2) is 10.3. The maximum Gasteiger partial charge on any atom is 0.339 e. The third kappa shape index (κ3) is 5.83. The van der Waals surface area contributed by atoms with Crippen molar-refractivity contribution in [3.8, 4) is 11.8 Å². The first-order chi connectivity index (χ1) is 13.1. The highest BCUT2D eigenvalue weighted by Gasteiger charge is 2.19. The summed E-state index contributed by atoms with van der Waals surface area (Å²) in [6.45, 7) is 2.21. The fourth-order valence-electron chi connectivity index (χ4n) is 2.36. The van der Waals surface area contributed by atoms with E-state index < -0.39 is 18.5 Å². The number of hydrogen-bond donors (Lipinski definition) is 0. The number of rotatable bonds is 8. The zero-order valence-electron chi connectivity index (χ0n) is 14.9. The van der Waals surface area contributed by atoms with E-state index in [2.05, 4.69) is 15.9 Å². The SMILES string of the molecule is CCOc1ccc(N(CCC#N)C(=O)COC(=O)c2ccccc2Br)cc1. The van der Waals surface area contributed by atoms with Gasteiger partial charge in [0.2, 0.25) is 0 Å². The van der Waals surface area contributed by atoms with Crippen molar-refractivity contribution in [1.82, 2.24) is 0 Å². The van der Waals surface area contributed by atoms with Crippen molar-refractivity contribution in [3.63, 3.8) is 0 Å². The molecule has 2 aromatic rings. The molecule has 1 amide bonds. The molecule has 0 saturated heterocycles. The van der Waals surface area contributed by atoms with Crippen LogP contribution in [0.4, 0.5) is 5.69 Å². The van der Waals surface area contributed by atoms with Crippen LogP contribution in [0.15, 0.2) is 53.0 Å². The number of nitrogens with zero attached hydrogens (tertiary/aromatic N) is 2. The fourth-order valence-corrected chi connectivity index (χ4v) is 2.80. The van der Waals surface area contributed by atoms with Gasteiger partial charge >= 0.3 is 5.97 Å². The summed E-state index contributed by atoms with van der Waals surface area (Å²) in [6, 6.07) is 15.8. The number of nitriles is 1. The molecule has 0 saturated carbocycles. The monoisotopic (exact) mass is 430 g/mol. The molecule has 0 radical (unpaired) electrons. The molecule has 0 unspecified atom stereocenters. The van der Waals surface area contributed by atoms with Crippen molar-refractivity contribution in [2.75, 3.05) is 24.7 Å². The van der Waals surface area contributed by atoms with Crippen LogP contribution in [0.25, 0.3) is 0 Å². The largest absolute Gasteiger partial charge is 0.494 e. The highest BCUT2D eigenvalue weighted by atomic mass is 79.9. The number of carbonyl (C=O) groups is 2. The summed E-state index contributed by atoms with van der Waals surface area (Å²) in [5.74, 6) is -0.313. The van der Waals surface area contributed by atoms with Gasteiger partial charge in [-0.2, -0.15) is 5.26 Å². The van der Waals surface area contributed by atoms with Gasteiger partial charge in [0.15, 0.2) is 6.61 Å². The van der Waals surface area contributed by atoms with Gasteiger partial charge in [-0.25, -0.2) is 4.79 Å². The quantitative estimate of drug-likeness (QED) is 0.592. The van der Waals surface area contributed by atoms with E-state index in [0.717, 1.165) is 0 Å². The van der Waals surface area contributed by atoms with E-state index in [0.29, 0.717) is 28.1 Å². The Morgan fingerprint density at radius 3 is 2.48 bits per heavy atom. The Hall–Kier alpha value is -2.85. The summed E-state index contributed by atoms with van der Waals surface area (Å²) < 4.78 is 11.1. The van der Waals surface area contributed by atoms with Crippen molar-refractivity contribution in [2.24, 2.45) is 0 Å². The standard InChI is InChI=1S/C20H19BrN2O4/c1-2-26-16-10-8-15(9-11-16)23(13-5-12-22)19(24)14-27-20(25)17-6-3-4-7-18(17)21/h3-4,6-11H,2,5,13-14H2,1H3. The molecule has 27 heavy (non-hydrogen) atoms. The molecule has 0 aliphatic carbocycles. The molecule has 0 bridgehead atoms. The van der Waals surface area contributed by atoms with Gasteiger partial charge in [-0.3, -0.25) is 4.79 Å². The van der Waals surface area contributed by atoms with Crippen LogP contribution in [0.5, 0.6) is 5.75 Å². The predicted molar refractivity (Wildman–Crippen MR) is 105 cm³/mol. The first-order valence-electron chi connectivity index (χ1n) is 8.38. The number of amides is 1. The number of ether oxygens (including phenoxy) is 2. The van der Waals surface area contributed by atoms with Crippen LogP contribution in [-0.2, 0) is 9.53 Å². The third-order valence-electron chi connectivity index (χ3n) is 3.63. The van der Waals surface area contributed by atoms with Crippen LogP contribution in [0.1, 0.15) is 23.7 Å². The molecule has 140 valence electrons. The Labute approximate surface area is 166 Å². The topological polar surface area (TPSA) is 79.6 Å². The smallest absolute Gasteiger partial charge is 0.339 e. The number of esters is 1. The number of benzene rings is 2. The van der Waals surface area contributed by atoms with E-state index in [-0.39, 0.29) is 13.0 Å². The number of anilines is 1. The van der Waals surface area contributed by atoms with Crippen LogP contribution in [-0.4, -0.2) is 31.6 Å². The predicted octanol–water partition coefficient (Wildman–Crippen LogP) is 3.95. The first-order valence-corrected chi connectivity index (χ1v) is 9.18. The van der Waals surface area contributed by atoms with Crippen LogP contribution in [0.3, 0.4) is 0 Å². The molecular formula is C20H19BrN2O4. The molecule has 6 nitrogen and oxygen atoms in total. The van der Waals surface area contributed by atoms with Crippen molar-refractivity contribution < 1.29 is 19.1 Å². The van der Waals surface area contributed by atoms with E-state index in [1.165, 1.54) is 4.90 Å². The van der Waals surface area contributed by atoms with E-state index in [1.807, 2.05) is 13.0 Å². The average Bonchev–Trinajstić information content (AvgIpc) is 2.68. The van der Waals surface area contributed by atoms with Crippen molar-refractivity contribution >= 4 is 33.5 Å². The van der Waals surface area contributed by atoms with Gasteiger partial charge in [-0.05, 0) is 59.3 Å². The molecule has 2 rings (SSSR count). The summed E-state index contributed by atoms with van der Waals surface area (Å²) >= 11 is 3.28.